The fraction of sp³-hybridized carbons (Fsp3) is 0.500. The molecule has 0 spiro atoms. The molecule has 2 N–H and O–H groups in total. The van der Waals surface area contributed by atoms with Crippen molar-refractivity contribution in [3.05, 3.63) is 23.0 Å². The zero-order valence-corrected chi connectivity index (χ0v) is 12.2. The number of nitrogen functional groups attached to an aromatic ring is 1. The van der Waals surface area contributed by atoms with Crippen LogP contribution in [-0.2, 0) is 6.54 Å². The first-order valence-electron chi connectivity index (χ1n) is 6.84. The number of nitrogens with two attached hydrogens (primary N) is 1. The van der Waals surface area contributed by atoms with Gasteiger partial charge in [0.25, 0.3) is 0 Å². The molecule has 0 bridgehead atoms. The molecule has 0 saturated carbocycles. The Balaban J connectivity index is 1.94. The van der Waals surface area contributed by atoms with Gasteiger partial charge in [0.1, 0.15) is 5.82 Å². The van der Waals surface area contributed by atoms with Crippen LogP contribution in [0.5, 0.6) is 0 Å². The molecule has 20 heavy (non-hydrogen) atoms. The van der Waals surface area contributed by atoms with Crippen molar-refractivity contribution in [1.82, 2.24) is 14.5 Å². The van der Waals surface area contributed by atoms with Crippen LogP contribution in [-0.4, -0.2) is 34.6 Å². The lowest BCUT2D eigenvalue weighted by Gasteiger charge is -2.30. The summed E-state index contributed by atoms with van der Waals surface area (Å²) in [6.07, 6.45) is 2.35. The number of rotatable bonds is 2. The van der Waals surface area contributed by atoms with E-state index >= 15 is 0 Å². The van der Waals surface area contributed by atoms with E-state index < -0.39 is 5.82 Å². The summed E-state index contributed by atoms with van der Waals surface area (Å²) in [6, 6.07) is 2.96. The molecular formula is C14H18ClFN4. The molecule has 2 heterocycles. The number of anilines is 1. The Kier molecular flexibility index (Phi) is 3.56. The summed E-state index contributed by atoms with van der Waals surface area (Å²) in [7, 11) is 2.13. The van der Waals surface area contributed by atoms with Crippen LogP contribution in [0.2, 0.25) is 5.02 Å². The monoisotopic (exact) mass is 296 g/mol. The van der Waals surface area contributed by atoms with Gasteiger partial charge in [0.15, 0.2) is 0 Å². The maximum Gasteiger partial charge on any atom is 0.201 e. The number of hydrogen-bond donors (Lipinski definition) is 1. The van der Waals surface area contributed by atoms with Gasteiger partial charge in [-0.3, -0.25) is 0 Å². The minimum atomic E-state index is -0.430. The average Bonchev–Trinajstić information content (AvgIpc) is 2.67. The minimum absolute atomic E-state index is 0.0829. The molecule has 1 unspecified atom stereocenters. The van der Waals surface area contributed by atoms with Crippen molar-refractivity contribution < 1.29 is 4.39 Å². The molecule has 4 nitrogen and oxygen atoms in total. The molecule has 6 heteroatoms. The van der Waals surface area contributed by atoms with Crippen LogP contribution in [0.4, 0.5) is 10.3 Å². The quantitative estimate of drug-likeness (QED) is 0.927. The topological polar surface area (TPSA) is 47.1 Å². The number of halogens is 2. The summed E-state index contributed by atoms with van der Waals surface area (Å²) < 4.78 is 15.6. The molecule has 1 saturated heterocycles. The lowest BCUT2D eigenvalue weighted by molar-refractivity contribution is 0.196. The molecule has 1 fully saturated rings. The number of aromatic nitrogens is 2. The molecule has 3 rings (SSSR count). The van der Waals surface area contributed by atoms with Crippen molar-refractivity contribution in [3.8, 4) is 0 Å². The lowest BCUT2D eigenvalue weighted by Crippen LogP contribution is -2.34. The highest BCUT2D eigenvalue weighted by Crippen LogP contribution is 2.27. The summed E-state index contributed by atoms with van der Waals surface area (Å²) in [5.74, 6) is 0.517. The van der Waals surface area contributed by atoms with Crippen molar-refractivity contribution in [3.63, 3.8) is 0 Å². The molecule has 1 aromatic heterocycles. The van der Waals surface area contributed by atoms with Gasteiger partial charge in [-0.15, -0.1) is 0 Å². The number of likely N-dealkylation sites (tertiary alicyclic amines) is 1. The highest BCUT2D eigenvalue weighted by atomic mass is 35.5. The predicted octanol–water partition coefficient (Wildman–Crippen LogP) is 2.75. The summed E-state index contributed by atoms with van der Waals surface area (Å²) in [6.45, 7) is 2.95. The highest BCUT2D eigenvalue weighted by Gasteiger charge is 2.20. The number of fused-ring (bicyclic) bond motifs is 1. The molecule has 1 aliphatic rings. The molecule has 0 radical (unpaired) electrons. The highest BCUT2D eigenvalue weighted by molar-refractivity contribution is 6.31. The average molecular weight is 297 g/mol. The van der Waals surface area contributed by atoms with Crippen LogP contribution in [0.1, 0.15) is 12.8 Å². The van der Waals surface area contributed by atoms with Crippen LogP contribution >= 0.6 is 11.6 Å². The van der Waals surface area contributed by atoms with Gasteiger partial charge in [0.2, 0.25) is 5.95 Å². The van der Waals surface area contributed by atoms with Crippen molar-refractivity contribution >= 4 is 28.6 Å². The van der Waals surface area contributed by atoms with Crippen molar-refractivity contribution in [2.45, 2.75) is 19.4 Å². The Morgan fingerprint density at radius 1 is 1.50 bits per heavy atom. The third-order valence-corrected chi connectivity index (χ3v) is 4.27. The fourth-order valence-corrected chi connectivity index (χ4v) is 3.17. The van der Waals surface area contributed by atoms with E-state index in [0.717, 1.165) is 25.2 Å². The fourth-order valence-electron chi connectivity index (χ4n) is 3.01. The van der Waals surface area contributed by atoms with Gasteiger partial charge in [0, 0.05) is 19.2 Å². The first kappa shape index (κ1) is 13.6. The Morgan fingerprint density at radius 3 is 3.05 bits per heavy atom. The van der Waals surface area contributed by atoms with Gasteiger partial charge in [0.05, 0.1) is 16.1 Å². The van der Waals surface area contributed by atoms with E-state index in [2.05, 4.69) is 16.9 Å². The van der Waals surface area contributed by atoms with Gasteiger partial charge in [-0.1, -0.05) is 11.6 Å². The first-order chi connectivity index (χ1) is 9.54. The van der Waals surface area contributed by atoms with Crippen molar-refractivity contribution in [1.29, 1.82) is 0 Å². The maximum atomic E-state index is 13.7. The largest absolute Gasteiger partial charge is 0.369 e. The zero-order chi connectivity index (χ0) is 14.3. The number of hydrogen-bond acceptors (Lipinski definition) is 3. The van der Waals surface area contributed by atoms with E-state index in [9.17, 15) is 4.39 Å². The molecule has 1 atom stereocenters. The van der Waals surface area contributed by atoms with Crippen molar-refractivity contribution in [2.75, 3.05) is 25.9 Å². The number of nitrogens with zero attached hydrogens (tertiary/aromatic N) is 3. The second kappa shape index (κ2) is 5.22. The van der Waals surface area contributed by atoms with Crippen LogP contribution < -0.4 is 5.73 Å². The van der Waals surface area contributed by atoms with E-state index in [1.165, 1.54) is 25.0 Å². The standard InChI is InChI=1S/C14H18ClFN4/c1-19-4-2-3-9(7-19)8-20-13-6-11(16)10(15)5-12(13)18-14(20)17/h5-6,9H,2-4,7-8H2,1H3,(H2,17,18). The van der Waals surface area contributed by atoms with Gasteiger partial charge in [-0.2, -0.15) is 0 Å². The Hall–Kier alpha value is -1.33. The predicted molar refractivity (Wildman–Crippen MR) is 79.3 cm³/mol. The number of benzene rings is 1. The van der Waals surface area contributed by atoms with Crippen molar-refractivity contribution in [2.24, 2.45) is 5.92 Å². The van der Waals surface area contributed by atoms with Gasteiger partial charge < -0.3 is 15.2 Å². The minimum Gasteiger partial charge on any atom is -0.369 e. The van der Waals surface area contributed by atoms with Crippen LogP contribution in [0, 0.1) is 11.7 Å². The maximum absolute atomic E-state index is 13.7. The molecular weight excluding hydrogens is 279 g/mol. The van der Waals surface area contributed by atoms with Gasteiger partial charge in [-0.05, 0) is 38.4 Å². The summed E-state index contributed by atoms with van der Waals surface area (Å²) >= 11 is 5.79. The summed E-state index contributed by atoms with van der Waals surface area (Å²) in [5.41, 5.74) is 7.35. The number of imidazole rings is 1. The normalized spacial score (nSPS) is 20.6. The van der Waals surface area contributed by atoms with E-state index in [1.54, 1.807) is 0 Å². The summed E-state index contributed by atoms with van der Waals surface area (Å²) in [4.78, 5) is 6.60. The molecule has 1 aliphatic heterocycles. The van der Waals surface area contributed by atoms with Gasteiger partial charge >= 0.3 is 0 Å². The first-order valence-corrected chi connectivity index (χ1v) is 7.21. The van der Waals surface area contributed by atoms with E-state index in [-0.39, 0.29) is 5.02 Å². The lowest BCUT2D eigenvalue weighted by atomic mass is 9.98. The third kappa shape index (κ3) is 2.47. The molecule has 2 aromatic rings. The molecule has 0 aliphatic carbocycles. The second-order valence-electron chi connectivity index (χ2n) is 5.61. The zero-order valence-electron chi connectivity index (χ0n) is 11.4. The third-order valence-electron chi connectivity index (χ3n) is 3.98. The SMILES string of the molecule is CN1CCCC(Cn2c(N)nc3cc(Cl)c(F)cc32)C1. The number of piperidine rings is 1. The van der Waals surface area contributed by atoms with Crippen LogP contribution in [0.25, 0.3) is 11.0 Å². The van der Waals surface area contributed by atoms with Crippen LogP contribution in [0.3, 0.4) is 0 Å². The van der Waals surface area contributed by atoms with E-state index in [4.69, 9.17) is 17.3 Å². The Labute approximate surface area is 122 Å². The van der Waals surface area contributed by atoms with E-state index in [0.29, 0.717) is 17.4 Å². The molecule has 1 aromatic carbocycles. The Bertz CT molecular complexity index is 640. The summed E-state index contributed by atoms with van der Waals surface area (Å²) in [5, 5.41) is 0.0829. The van der Waals surface area contributed by atoms with E-state index in [1.807, 2.05) is 4.57 Å². The molecule has 0 amide bonds. The molecule has 108 valence electrons. The van der Waals surface area contributed by atoms with Gasteiger partial charge in [-0.25, -0.2) is 9.37 Å². The van der Waals surface area contributed by atoms with Crippen LogP contribution in [0.15, 0.2) is 12.1 Å². The Morgan fingerprint density at radius 2 is 2.30 bits per heavy atom. The second-order valence-corrected chi connectivity index (χ2v) is 6.01. The smallest absolute Gasteiger partial charge is 0.201 e.